The zero-order chi connectivity index (χ0) is 13.8. The highest BCUT2D eigenvalue weighted by Gasteiger charge is 2.08. The molecule has 0 aliphatic carbocycles. The van der Waals surface area contributed by atoms with E-state index in [1.165, 1.54) is 6.20 Å². The number of rotatable bonds is 3. The van der Waals surface area contributed by atoms with Gasteiger partial charge in [-0.25, -0.2) is 0 Å². The first-order chi connectivity index (χ1) is 9.83. The van der Waals surface area contributed by atoms with Crippen molar-refractivity contribution in [3.63, 3.8) is 0 Å². The van der Waals surface area contributed by atoms with E-state index in [2.05, 4.69) is 15.4 Å². The van der Waals surface area contributed by atoms with Gasteiger partial charge in [-0.15, -0.1) is 10.2 Å². The predicted molar refractivity (Wildman–Crippen MR) is 73.4 cm³/mol. The molecule has 3 aromatic rings. The van der Waals surface area contributed by atoms with Crippen molar-refractivity contribution >= 4 is 0 Å². The van der Waals surface area contributed by atoms with Gasteiger partial charge in [0.1, 0.15) is 17.2 Å². The SMILES string of the molecule is Oc1cc(Oc2ccccc2)ccc1-c1ccnnn1. The summed E-state index contributed by atoms with van der Waals surface area (Å²) >= 11 is 0. The Morgan fingerprint density at radius 2 is 1.75 bits per heavy atom. The molecule has 5 nitrogen and oxygen atoms in total. The maximum atomic E-state index is 10.1. The van der Waals surface area contributed by atoms with Crippen LogP contribution in [0.25, 0.3) is 11.3 Å². The first-order valence-electron chi connectivity index (χ1n) is 6.03. The van der Waals surface area contributed by atoms with Crippen LogP contribution < -0.4 is 4.74 Å². The number of phenolic OH excluding ortho intramolecular Hbond substituents is 1. The number of benzene rings is 2. The second kappa shape index (κ2) is 5.36. The summed E-state index contributed by atoms with van der Waals surface area (Å²) < 4.78 is 5.64. The van der Waals surface area contributed by atoms with Gasteiger partial charge in [0.05, 0.1) is 11.9 Å². The number of ether oxygens (including phenoxy) is 1. The van der Waals surface area contributed by atoms with Crippen molar-refractivity contribution in [2.45, 2.75) is 0 Å². The lowest BCUT2D eigenvalue weighted by atomic mass is 10.1. The van der Waals surface area contributed by atoms with Crippen LogP contribution in [-0.2, 0) is 0 Å². The summed E-state index contributed by atoms with van der Waals surface area (Å²) in [5.41, 5.74) is 1.14. The third-order valence-electron chi connectivity index (χ3n) is 2.73. The van der Waals surface area contributed by atoms with E-state index in [9.17, 15) is 5.11 Å². The fourth-order valence-electron chi connectivity index (χ4n) is 1.80. The van der Waals surface area contributed by atoms with Crippen LogP contribution >= 0.6 is 0 Å². The van der Waals surface area contributed by atoms with E-state index in [-0.39, 0.29) is 5.75 Å². The molecule has 0 unspecified atom stereocenters. The normalized spacial score (nSPS) is 10.2. The first kappa shape index (κ1) is 12.1. The Morgan fingerprint density at radius 1 is 0.900 bits per heavy atom. The summed E-state index contributed by atoms with van der Waals surface area (Å²) in [7, 11) is 0. The lowest BCUT2D eigenvalue weighted by Gasteiger charge is -2.08. The van der Waals surface area contributed by atoms with Crippen molar-refractivity contribution in [2.24, 2.45) is 0 Å². The largest absolute Gasteiger partial charge is 0.507 e. The summed E-state index contributed by atoms with van der Waals surface area (Å²) in [5, 5.41) is 21.1. The van der Waals surface area contributed by atoms with Crippen LogP contribution in [0, 0.1) is 0 Å². The Kier molecular flexibility index (Phi) is 3.24. The lowest BCUT2D eigenvalue weighted by Crippen LogP contribution is -1.90. The minimum absolute atomic E-state index is 0.0823. The van der Waals surface area contributed by atoms with E-state index < -0.39 is 0 Å². The smallest absolute Gasteiger partial charge is 0.131 e. The molecule has 0 atom stereocenters. The fraction of sp³-hybridized carbons (Fsp3) is 0. The number of aromatic nitrogens is 3. The monoisotopic (exact) mass is 265 g/mol. The molecular weight excluding hydrogens is 254 g/mol. The molecule has 5 heteroatoms. The van der Waals surface area contributed by atoms with E-state index in [0.717, 1.165) is 0 Å². The van der Waals surface area contributed by atoms with E-state index >= 15 is 0 Å². The van der Waals surface area contributed by atoms with Crippen LogP contribution in [0.15, 0.2) is 60.8 Å². The zero-order valence-corrected chi connectivity index (χ0v) is 10.5. The molecule has 0 aliphatic rings. The number of aromatic hydroxyl groups is 1. The highest BCUT2D eigenvalue weighted by molar-refractivity contribution is 5.67. The van der Waals surface area contributed by atoms with Gasteiger partial charge in [-0.3, -0.25) is 0 Å². The van der Waals surface area contributed by atoms with Gasteiger partial charge in [0, 0.05) is 11.6 Å². The Bertz CT molecular complexity index is 703. The van der Waals surface area contributed by atoms with Gasteiger partial charge >= 0.3 is 0 Å². The third-order valence-corrected chi connectivity index (χ3v) is 2.73. The number of hydrogen-bond donors (Lipinski definition) is 1. The standard InChI is InChI=1S/C15H11N3O2/c19-15-10-12(20-11-4-2-1-3-5-11)6-7-13(15)14-8-9-16-18-17-14/h1-10,19H. The van der Waals surface area contributed by atoms with Crippen LogP contribution in [-0.4, -0.2) is 20.5 Å². The van der Waals surface area contributed by atoms with Crippen molar-refractivity contribution in [3.8, 4) is 28.5 Å². The van der Waals surface area contributed by atoms with Crippen LogP contribution in [0.4, 0.5) is 0 Å². The molecule has 98 valence electrons. The molecule has 20 heavy (non-hydrogen) atoms. The molecule has 0 saturated heterocycles. The fourth-order valence-corrected chi connectivity index (χ4v) is 1.80. The summed E-state index contributed by atoms with van der Waals surface area (Å²) in [6.07, 6.45) is 1.52. The molecule has 1 N–H and O–H groups in total. The number of para-hydroxylation sites is 1. The molecule has 0 fully saturated rings. The number of phenols is 1. The van der Waals surface area contributed by atoms with E-state index in [1.54, 1.807) is 24.3 Å². The Morgan fingerprint density at radius 3 is 2.45 bits per heavy atom. The molecule has 0 radical (unpaired) electrons. The van der Waals surface area contributed by atoms with Crippen molar-refractivity contribution < 1.29 is 9.84 Å². The van der Waals surface area contributed by atoms with Gasteiger partial charge in [0.15, 0.2) is 0 Å². The molecule has 1 aromatic heterocycles. The molecule has 0 bridgehead atoms. The van der Waals surface area contributed by atoms with Gasteiger partial charge < -0.3 is 9.84 Å². The number of nitrogens with zero attached hydrogens (tertiary/aromatic N) is 3. The zero-order valence-electron chi connectivity index (χ0n) is 10.5. The van der Waals surface area contributed by atoms with Crippen molar-refractivity contribution in [2.75, 3.05) is 0 Å². The molecule has 1 heterocycles. The van der Waals surface area contributed by atoms with Gasteiger partial charge in [-0.2, -0.15) is 0 Å². The van der Waals surface area contributed by atoms with E-state index in [4.69, 9.17) is 4.74 Å². The van der Waals surface area contributed by atoms with Crippen molar-refractivity contribution in [1.29, 1.82) is 0 Å². The van der Waals surface area contributed by atoms with Crippen LogP contribution in [0.1, 0.15) is 0 Å². The Labute approximate surface area is 115 Å². The van der Waals surface area contributed by atoms with E-state index in [0.29, 0.717) is 22.8 Å². The predicted octanol–water partition coefficient (Wildman–Crippen LogP) is 3.04. The molecule has 0 amide bonds. The Hall–Kier alpha value is -2.95. The third kappa shape index (κ3) is 2.56. The lowest BCUT2D eigenvalue weighted by molar-refractivity contribution is 0.456. The van der Waals surface area contributed by atoms with Crippen LogP contribution in [0.3, 0.4) is 0 Å². The molecule has 0 saturated carbocycles. The summed E-state index contributed by atoms with van der Waals surface area (Å²) in [5.74, 6) is 1.35. The minimum Gasteiger partial charge on any atom is -0.507 e. The summed E-state index contributed by atoms with van der Waals surface area (Å²) in [4.78, 5) is 0. The molecule has 2 aromatic carbocycles. The van der Waals surface area contributed by atoms with Crippen molar-refractivity contribution in [1.82, 2.24) is 15.4 Å². The van der Waals surface area contributed by atoms with E-state index in [1.807, 2.05) is 30.3 Å². The second-order valence-electron chi connectivity index (χ2n) is 4.10. The maximum absolute atomic E-state index is 10.1. The first-order valence-corrected chi connectivity index (χ1v) is 6.03. The van der Waals surface area contributed by atoms with Crippen LogP contribution in [0.2, 0.25) is 0 Å². The minimum atomic E-state index is 0.0823. The second-order valence-corrected chi connectivity index (χ2v) is 4.10. The molecular formula is C15H11N3O2. The van der Waals surface area contributed by atoms with Gasteiger partial charge in [0.25, 0.3) is 0 Å². The quantitative estimate of drug-likeness (QED) is 0.788. The topological polar surface area (TPSA) is 68.1 Å². The highest BCUT2D eigenvalue weighted by Crippen LogP contribution is 2.32. The molecule has 3 rings (SSSR count). The summed E-state index contributed by atoms with van der Waals surface area (Å²) in [6, 6.07) is 16.1. The molecule has 0 aliphatic heterocycles. The van der Waals surface area contributed by atoms with Gasteiger partial charge in [-0.1, -0.05) is 18.2 Å². The molecule has 0 spiro atoms. The maximum Gasteiger partial charge on any atom is 0.131 e. The van der Waals surface area contributed by atoms with Crippen molar-refractivity contribution in [3.05, 3.63) is 60.8 Å². The Balaban J connectivity index is 1.88. The van der Waals surface area contributed by atoms with Gasteiger partial charge in [0.2, 0.25) is 0 Å². The summed E-state index contributed by atoms with van der Waals surface area (Å²) in [6.45, 7) is 0. The van der Waals surface area contributed by atoms with Gasteiger partial charge in [-0.05, 0) is 35.5 Å². The number of hydrogen-bond acceptors (Lipinski definition) is 5. The average molecular weight is 265 g/mol. The van der Waals surface area contributed by atoms with Crippen LogP contribution in [0.5, 0.6) is 17.2 Å². The average Bonchev–Trinajstić information content (AvgIpc) is 2.49. The highest BCUT2D eigenvalue weighted by atomic mass is 16.5.